The number of halogens is 4. The largest absolute Gasteiger partial charge is 0.497 e. The molecule has 1 aromatic carbocycles. The fraction of sp³-hybridized carbons (Fsp3) is 0.632. The van der Waals surface area contributed by atoms with E-state index in [4.69, 9.17) is 9.47 Å². The first kappa shape index (κ1) is 24.6. The summed E-state index contributed by atoms with van der Waals surface area (Å²) in [6, 6.07) is 7.17. The van der Waals surface area contributed by atoms with Crippen molar-refractivity contribution in [3.8, 4) is 11.5 Å². The predicted octanol–water partition coefficient (Wildman–Crippen LogP) is 4.37. The summed E-state index contributed by atoms with van der Waals surface area (Å²) in [6.45, 7) is 1.12. The van der Waals surface area contributed by atoms with E-state index in [-0.39, 0.29) is 42.9 Å². The van der Waals surface area contributed by atoms with Gasteiger partial charge in [-0.2, -0.15) is 13.2 Å². The van der Waals surface area contributed by atoms with E-state index < -0.39 is 12.1 Å². The molecule has 2 N–H and O–H groups in total. The van der Waals surface area contributed by atoms with E-state index in [1.807, 2.05) is 24.3 Å². The van der Waals surface area contributed by atoms with Crippen LogP contribution in [0.25, 0.3) is 0 Å². The third-order valence-electron chi connectivity index (χ3n) is 4.63. The van der Waals surface area contributed by atoms with E-state index in [0.29, 0.717) is 25.5 Å². The van der Waals surface area contributed by atoms with Crippen LogP contribution in [0.2, 0.25) is 0 Å². The minimum absolute atomic E-state index is 0. The van der Waals surface area contributed by atoms with E-state index in [2.05, 4.69) is 15.6 Å². The highest BCUT2D eigenvalue weighted by atomic mass is 127. The van der Waals surface area contributed by atoms with Crippen LogP contribution in [0.1, 0.15) is 32.1 Å². The van der Waals surface area contributed by atoms with Crippen molar-refractivity contribution in [2.45, 2.75) is 44.3 Å². The zero-order chi connectivity index (χ0) is 19.7. The third-order valence-corrected chi connectivity index (χ3v) is 4.63. The molecule has 0 saturated heterocycles. The fourth-order valence-corrected chi connectivity index (χ4v) is 3.17. The Balaban J connectivity index is 0.00000392. The van der Waals surface area contributed by atoms with Crippen molar-refractivity contribution >= 4 is 29.9 Å². The number of hydrogen-bond donors (Lipinski definition) is 2. The van der Waals surface area contributed by atoms with Gasteiger partial charge in [-0.05, 0) is 37.8 Å². The number of guanidine groups is 1. The molecule has 2 rings (SSSR count). The molecule has 0 radical (unpaired) electrons. The van der Waals surface area contributed by atoms with Gasteiger partial charge in [0.25, 0.3) is 0 Å². The molecular formula is C19H29F3IN3O2. The molecule has 0 aromatic heterocycles. The highest BCUT2D eigenvalue weighted by Gasteiger charge is 2.42. The van der Waals surface area contributed by atoms with E-state index in [9.17, 15) is 13.2 Å². The Hall–Kier alpha value is -1.39. The third kappa shape index (κ3) is 8.32. The van der Waals surface area contributed by atoms with Crippen molar-refractivity contribution < 1.29 is 22.6 Å². The molecule has 2 atom stereocenters. The van der Waals surface area contributed by atoms with Gasteiger partial charge in [0.05, 0.1) is 19.6 Å². The van der Waals surface area contributed by atoms with Crippen LogP contribution in [-0.4, -0.2) is 45.5 Å². The molecule has 0 amide bonds. The molecule has 0 bridgehead atoms. The summed E-state index contributed by atoms with van der Waals surface area (Å²) in [7, 11) is 3.22. The van der Waals surface area contributed by atoms with Gasteiger partial charge in [-0.3, -0.25) is 4.99 Å². The summed E-state index contributed by atoms with van der Waals surface area (Å²) in [4.78, 5) is 4.10. The number of alkyl halides is 3. The molecule has 1 aliphatic carbocycles. The number of rotatable bonds is 7. The Morgan fingerprint density at radius 2 is 2.00 bits per heavy atom. The molecule has 1 aliphatic rings. The van der Waals surface area contributed by atoms with Crippen molar-refractivity contribution in [3.05, 3.63) is 24.3 Å². The van der Waals surface area contributed by atoms with Crippen molar-refractivity contribution in [2.24, 2.45) is 10.9 Å². The maximum absolute atomic E-state index is 12.9. The topological polar surface area (TPSA) is 54.9 Å². The number of benzene rings is 1. The Labute approximate surface area is 181 Å². The van der Waals surface area contributed by atoms with Crippen LogP contribution in [-0.2, 0) is 0 Å². The number of nitrogens with one attached hydrogen (secondary N) is 2. The van der Waals surface area contributed by atoms with Gasteiger partial charge < -0.3 is 20.1 Å². The molecular weight excluding hydrogens is 486 g/mol. The van der Waals surface area contributed by atoms with Crippen molar-refractivity contribution in [1.29, 1.82) is 0 Å². The lowest BCUT2D eigenvalue weighted by atomic mass is 9.85. The van der Waals surface area contributed by atoms with Crippen LogP contribution in [0.3, 0.4) is 0 Å². The zero-order valence-corrected chi connectivity index (χ0v) is 18.6. The molecule has 9 heteroatoms. The average molecular weight is 515 g/mol. The van der Waals surface area contributed by atoms with Crippen LogP contribution in [0, 0.1) is 5.92 Å². The highest BCUT2D eigenvalue weighted by molar-refractivity contribution is 14.0. The molecule has 5 nitrogen and oxygen atoms in total. The molecule has 160 valence electrons. The zero-order valence-electron chi connectivity index (χ0n) is 16.2. The maximum atomic E-state index is 12.9. The van der Waals surface area contributed by atoms with Crippen LogP contribution in [0.5, 0.6) is 11.5 Å². The number of hydrogen-bond acceptors (Lipinski definition) is 3. The van der Waals surface area contributed by atoms with E-state index in [1.165, 1.54) is 0 Å². The number of methoxy groups -OCH3 is 1. The number of aliphatic imine (C=N–C) groups is 1. The van der Waals surface area contributed by atoms with Gasteiger partial charge in [-0.25, -0.2) is 0 Å². The summed E-state index contributed by atoms with van der Waals surface area (Å²) in [6.07, 6.45) is -1.76. The minimum Gasteiger partial charge on any atom is -0.497 e. The molecule has 1 saturated carbocycles. The predicted molar refractivity (Wildman–Crippen MR) is 115 cm³/mol. The summed E-state index contributed by atoms with van der Waals surface area (Å²) < 4.78 is 49.5. The first-order valence-corrected chi connectivity index (χ1v) is 9.23. The molecule has 28 heavy (non-hydrogen) atoms. The second-order valence-corrected chi connectivity index (χ2v) is 6.63. The van der Waals surface area contributed by atoms with Crippen molar-refractivity contribution in [2.75, 3.05) is 27.3 Å². The Morgan fingerprint density at radius 3 is 2.68 bits per heavy atom. The summed E-state index contributed by atoms with van der Waals surface area (Å²) in [5, 5.41) is 6.24. The Kier molecular flexibility index (Phi) is 10.8. The van der Waals surface area contributed by atoms with E-state index >= 15 is 0 Å². The molecule has 2 unspecified atom stereocenters. The van der Waals surface area contributed by atoms with Gasteiger partial charge in [0.15, 0.2) is 5.96 Å². The molecule has 1 fully saturated rings. The van der Waals surface area contributed by atoms with E-state index in [0.717, 1.165) is 24.3 Å². The van der Waals surface area contributed by atoms with Crippen molar-refractivity contribution in [1.82, 2.24) is 10.6 Å². The minimum atomic E-state index is -4.12. The normalized spacial score (nSPS) is 20.1. The monoisotopic (exact) mass is 515 g/mol. The van der Waals surface area contributed by atoms with E-state index in [1.54, 1.807) is 14.2 Å². The summed E-state index contributed by atoms with van der Waals surface area (Å²) >= 11 is 0. The van der Waals surface area contributed by atoms with Crippen LogP contribution in [0.15, 0.2) is 29.3 Å². The fourth-order valence-electron chi connectivity index (χ4n) is 3.17. The SMILES string of the molecule is CN=C(NCCCOc1cccc(OC)c1)NC1CCCC(C(F)(F)F)C1.I. The first-order valence-electron chi connectivity index (χ1n) is 9.23. The molecule has 0 heterocycles. The average Bonchev–Trinajstić information content (AvgIpc) is 2.66. The Morgan fingerprint density at radius 1 is 1.25 bits per heavy atom. The van der Waals surface area contributed by atoms with Crippen LogP contribution in [0.4, 0.5) is 13.2 Å². The summed E-state index contributed by atoms with van der Waals surface area (Å²) in [5.74, 6) is 0.777. The number of ether oxygens (including phenoxy) is 2. The lowest BCUT2D eigenvalue weighted by molar-refractivity contribution is -0.183. The second-order valence-electron chi connectivity index (χ2n) is 6.63. The van der Waals surface area contributed by atoms with Gasteiger partial charge in [0.1, 0.15) is 11.5 Å². The van der Waals surface area contributed by atoms with Gasteiger partial charge >= 0.3 is 6.18 Å². The molecule has 1 aromatic rings. The lowest BCUT2D eigenvalue weighted by Gasteiger charge is -2.31. The van der Waals surface area contributed by atoms with Gasteiger partial charge in [0, 0.05) is 25.7 Å². The van der Waals surface area contributed by atoms with Crippen LogP contribution < -0.4 is 20.1 Å². The number of nitrogens with zero attached hydrogens (tertiary/aromatic N) is 1. The van der Waals surface area contributed by atoms with Gasteiger partial charge in [-0.15, -0.1) is 24.0 Å². The van der Waals surface area contributed by atoms with Crippen LogP contribution >= 0.6 is 24.0 Å². The molecule has 0 spiro atoms. The lowest BCUT2D eigenvalue weighted by Crippen LogP contribution is -2.47. The smallest absolute Gasteiger partial charge is 0.391 e. The first-order chi connectivity index (χ1) is 12.9. The second kappa shape index (κ2) is 12.2. The molecule has 0 aliphatic heterocycles. The summed E-state index contributed by atoms with van der Waals surface area (Å²) in [5.41, 5.74) is 0. The standard InChI is InChI=1S/C19H28F3N3O2.HI/c1-23-18(25-15-7-3-6-14(12-15)19(20,21)22)24-10-5-11-27-17-9-4-8-16(13-17)26-2;/h4,8-9,13-15H,3,5-7,10-12H2,1-2H3,(H2,23,24,25);1H. The Bertz CT molecular complexity index is 614. The van der Waals surface area contributed by atoms with Gasteiger partial charge in [0.2, 0.25) is 0 Å². The van der Waals surface area contributed by atoms with Gasteiger partial charge in [-0.1, -0.05) is 12.5 Å². The van der Waals surface area contributed by atoms with Crippen molar-refractivity contribution in [3.63, 3.8) is 0 Å². The highest BCUT2D eigenvalue weighted by Crippen LogP contribution is 2.37. The maximum Gasteiger partial charge on any atom is 0.391 e. The quantitative estimate of drug-likeness (QED) is 0.245.